The molecular weight excluding hydrogens is 556 g/mol. The summed E-state index contributed by atoms with van der Waals surface area (Å²) in [5.41, 5.74) is 3.12. The topological polar surface area (TPSA) is 134 Å². The van der Waals surface area contributed by atoms with Crippen LogP contribution in [-0.2, 0) is 14.8 Å². The van der Waals surface area contributed by atoms with E-state index >= 15 is 0 Å². The van der Waals surface area contributed by atoms with Gasteiger partial charge in [0.25, 0.3) is 15.9 Å². The number of ether oxygens (including phenoxy) is 1. The minimum Gasteiger partial charge on any atom is -0.497 e. The fourth-order valence-electron chi connectivity index (χ4n) is 4.49. The molecule has 1 aliphatic heterocycles. The van der Waals surface area contributed by atoms with Crippen LogP contribution in [0, 0.1) is 0 Å². The number of hydrogen-bond acceptors (Lipinski definition) is 8. The van der Waals surface area contributed by atoms with Crippen molar-refractivity contribution in [1.82, 2.24) is 19.8 Å². The quantitative estimate of drug-likeness (QED) is 0.317. The number of methoxy groups -OCH3 is 1. The Kier molecular flexibility index (Phi) is 8.34. The number of carbonyl (C=O) groups excluding carboxylic acids is 2. The summed E-state index contributed by atoms with van der Waals surface area (Å²) in [5, 5.41) is 3.15. The van der Waals surface area contributed by atoms with E-state index in [1.807, 2.05) is 0 Å². The van der Waals surface area contributed by atoms with Gasteiger partial charge < -0.3 is 19.9 Å². The minimum atomic E-state index is -3.76. The van der Waals surface area contributed by atoms with Gasteiger partial charge in [-0.1, -0.05) is 12.1 Å². The third-order valence-corrected chi connectivity index (χ3v) is 8.26. The highest BCUT2D eigenvalue weighted by Gasteiger charge is 2.23. The number of aromatic nitrogens is 2. The molecule has 2 amide bonds. The molecule has 2 N–H and O–H groups in total. The molecule has 0 radical (unpaired) electrons. The van der Waals surface area contributed by atoms with Crippen molar-refractivity contribution in [3.05, 3.63) is 90.6 Å². The van der Waals surface area contributed by atoms with Crippen molar-refractivity contribution in [2.45, 2.75) is 11.8 Å². The van der Waals surface area contributed by atoms with Crippen LogP contribution >= 0.6 is 0 Å². The normalized spacial score (nSPS) is 13.4. The highest BCUT2D eigenvalue weighted by atomic mass is 32.2. The molecular formula is C30H30N6O5S. The lowest BCUT2D eigenvalue weighted by Crippen LogP contribution is -2.50. The van der Waals surface area contributed by atoms with Gasteiger partial charge in [-0.05, 0) is 66.7 Å². The third-order valence-electron chi connectivity index (χ3n) is 6.86. The first-order valence-corrected chi connectivity index (χ1v) is 14.7. The van der Waals surface area contributed by atoms with Crippen molar-refractivity contribution < 1.29 is 22.7 Å². The lowest BCUT2D eigenvalue weighted by atomic mass is 10.1. The Morgan fingerprint density at radius 1 is 0.810 bits per heavy atom. The number of nitrogens with one attached hydrogen (secondary N) is 2. The highest BCUT2D eigenvalue weighted by molar-refractivity contribution is 7.92. The second kappa shape index (κ2) is 12.3. The number of carbonyl (C=O) groups is 2. The molecule has 216 valence electrons. The summed E-state index contributed by atoms with van der Waals surface area (Å²) in [6.45, 7) is 3.63. The Hall–Kier alpha value is -4.97. The second-order valence-corrected chi connectivity index (χ2v) is 11.3. The molecule has 0 aliphatic carbocycles. The van der Waals surface area contributed by atoms with E-state index in [2.05, 4.69) is 20.0 Å². The van der Waals surface area contributed by atoms with Crippen LogP contribution in [0.25, 0.3) is 11.3 Å². The molecule has 5 rings (SSSR count). The van der Waals surface area contributed by atoms with Crippen molar-refractivity contribution in [2.75, 3.05) is 43.3 Å². The zero-order valence-electron chi connectivity index (χ0n) is 23.1. The third kappa shape index (κ3) is 6.66. The van der Waals surface area contributed by atoms with Crippen LogP contribution in [0.5, 0.6) is 5.75 Å². The first kappa shape index (κ1) is 28.6. The molecule has 1 aromatic heterocycles. The monoisotopic (exact) mass is 586 g/mol. The Morgan fingerprint density at radius 3 is 2.05 bits per heavy atom. The van der Waals surface area contributed by atoms with Crippen LogP contribution < -0.4 is 14.8 Å². The van der Waals surface area contributed by atoms with E-state index in [9.17, 15) is 18.0 Å². The van der Waals surface area contributed by atoms with Gasteiger partial charge in [-0.3, -0.25) is 14.3 Å². The van der Waals surface area contributed by atoms with Gasteiger partial charge >= 0.3 is 0 Å². The van der Waals surface area contributed by atoms with E-state index in [0.29, 0.717) is 60.5 Å². The molecule has 1 aliphatic rings. The van der Waals surface area contributed by atoms with Gasteiger partial charge in [0, 0.05) is 61.8 Å². The Bertz CT molecular complexity index is 1670. The predicted molar refractivity (Wildman–Crippen MR) is 159 cm³/mol. The van der Waals surface area contributed by atoms with Crippen LogP contribution in [0.1, 0.15) is 17.3 Å². The number of sulfonamides is 1. The van der Waals surface area contributed by atoms with Crippen LogP contribution in [0.15, 0.2) is 90.0 Å². The summed E-state index contributed by atoms with van der Waals surface area (Å²) in [7, 11) is -2.24. The van der Waals surface area contributed by atoms with Crippen molar-refractivity contribution in [2.24, 2.45) is 0 Å². The molecule has 0 bridgehead atoms. The van der Waals surface area contributed by atoms with Gasteiger partial charge in [0.1, 0.15) is 5.75 Å². The number of anilines is 3. The van der Waals surface area contributed by atoms with Crippen LogP contribution in [0.3, 0.4) is 0 Å². The molecule has 0 atom stereocenters. The van der Waals surface area contributed by atoms with Crippen molar-refractivity contribution in [3.8, 4) is 17.0 Å². The van der Waals surface area contributed by atoms with Crippen LogP contribution in [-0.4, -0.2) is 73.3 Å². The summed E-state index contributed by atoms with van der Waals surface area (Å²) in [4.78, 5) is 36.9. The molecule has 4 aromatic rings. The summed E-state index contributed by atoms with van der Waals surface area (Å²) >= 11 is 0. The number of hydrogen-bond donors (Lipinski definition) is 2. The van der Waals surface area contributed by atoms with E-state index in [-0.39, 0.29) is 16.7 Å². The average molecular weight is 587 g/mol. The maximum Gasteiger partial charge on any atom is 0.261 e. The molecule has 3 aromatic carbocycles. The fourth-order valence-corrected chi connectivity index (χ4v) is 5.55. The van der Waals surface area contributed by atoms with Crippen molar-refractivity contribution in [1.29, 1.82) is 0 Å². The zero-order valence-corrected chi connectivity index (χ0v) is 24.0. The minimum absolute atomic E-state index is 0.0223. The van der Waals surface area contributed by atoms with E-state index in [0.717, 1.165) is 5.56 Å². The largest absolute Gasteiger partial charge is 0.497 e. The van der Waals surface area contributed by atoms with Gasteiger partial charge in [0.15, 0.2) is 0 Å². The van der Waals surface area contributed by atoms with E-state index in [1.165, 1.54) is 26.2 Å². The van der Waals surface area contributed by atoms with Gasteiger partial charge in [-0.25, -0.2) is 18.4 Å². The standard InChI is InChI=1S/C30H30N6O5S/c1-21(37)35-17-19-36(20-18-35)29(38)23-5-7-24(8-6-23)32-30-31-16-15-28(33-30)22-3-9-25(10-4-22)34-42(39,40)27-13-11-26(41-2)12-14-27/h3-16,34H,17-20H2,1-2H3,(H,31,32,33). The predicted octanol–water partition coefficient (Wildman–Crippen LogP) is 4.00. The SMILES string of the molecule is COc1ccc(S(=O)(=O)Nc2ccc(-c3ccnc(Nc4ccc(C(=O)N5CCN(C(C)=O)CC5)cc4)n3)cc2)cc1. The van der Waals surface area contributed by atoms with E-state index in [1.54, 1.807) is 82.7 Å². The first-order chi connectivity index (χ1) is 20.2. The summed E-state index contributed by atoms with van der Waals surface area (Å²) in [5.74, 6) is 0.893. The molecule has 11 nitrogen and oxygen atoms in total. The maximum absolute atomic E-state index is 12.9. The summed E-state index contributed by atoms with van der Waals surface area (Å²) < 4.78 is 33.1. The summed E-state index contributed by atoms with van der Waals surface area (Å²) in [6.07, 6.45) is 1.63. The smallest absolute Gasteiger partial charge is 0.261 e. The average Bonchev–Trinajstić information content (AvgIpc) is 3.01. The number of rotatable bonds is 8. The molecule has 12 heteroatoms. The Morgan fingerprint density at radius 2 is 1.43 bits per heavy atom. The molecule has 1 saturated heterocycles. The molecule has 0 saturated carbocycles. The highest BCUT2D eigenvalue weighted by Crippen LogP contribution is 2.24. The molecule has 42 heavy (non-hydrogen) atoms. The van der Waals surface area contributed by atoms with Crippen LogP contribution in [0.4, 0.5) is 17.3 Å². The second-order valence-electron chi connectivity index (χ2n) is 9.62. The first-order valence-electron chi connectivity index (χ1n) is 13.2. The molecule has 2 heterocycles. The molecule has 0 unspecified atom stereocenters. The Balaban J connectivity index is 1.21. The number of amides is 2. The van der Waals surface area contributed by atoms with Gasteiger partial charge in [0.2, 0.25) is 11.9 Å². The number of nitrogens with zero attached hydrogens (tertiary/aromatic N) is 4. The number of piperazine rings is 1. The van der Waals surface area contributed by atoms with Crippen molar-refractivity contribution >= 4 is 39.2 Å². The van der Waals surface area contributed by atoms with Crippen LogP contribution in [0.2, 0.25) is 0 Å². The Labute approximate surface area is 244 Å². The molecule has 0 spiro atoms. The van der Waals surface area contributed by atoms with E-state index < -0.39 is 10.0 Å². The van der Waals surface area contributed by atoms with Crippen molar-refractivity contribution in [3.63, 3.8) is 0 Å². The lowest BCUT2D eigenvalue weighted by molar-refractivity contribution is -0.130. The zero-order chi connectivity index (χ0) is 29.7. The van der Waals surface area contributed by atoms with Gasteiger partial charge in [-0.15, -0.1) is 0 Å². The van der Waals surface area contributed by atoms with E-state index in [4.69, 9.17) is 4.74 Å². The lowest BCUT2D eigenvalue weighted by Gasteiger charge is -2.34. The van der Waals surface area contributed by atoms with Gasteiger partial charge in [-0.2, -0.15) is 0 Å². The number of benzene rings is 3. The fraction of sp³-hybridized carbons (Fsp3) is 0.200. The van der Waals surface area contributed by atoms with Gasteiger partial charge in [0.05, 0.1) is 17.7 Å². The molecule has 1 fully saturated rings. The maximum atomic E-state index is 12.9. The summed E-state index contributed by atoms with van der Waals surface area (Å²) in [6, 6.07) is 21.9.